The van der Waals surface area contributed by atoms with E-state index in [1.54, 1.807) is 0 Å². The van der Waals surface area contributed by atoms with Crippen LogP contribution in [0.4, 0.5) is 0 Å². The Morgan fingerprint density at radius 3 is 2.75 bits per heavy atom. The van der Waals surface area contributed by atoms with Crippen LogP contribution in [0.15, 0.2) is 59.4 Å². The summed E-state index contributed by atoms with van der Waals surface area (Å²) in [6.45, 7) is 4.73. The number of aryl methyl sites for hydroxylation is 1. The van der Waals surface area contributed by atoms with Gasteiger partial charge in [-0.15, -0.1) is 0 Å². The number of benzene rings is 2. The molecule has 32 heavy (non-hydrogen) atoms. The predicted octanol–water partition coefficient (Wildman–Crippen LogP) is 3.86. The van der Waals surface area contributed by atoms with Crippen molar-refractivity contribution in [2.75, 3.05) is 6.61 Å². The molecule has 0 bridgehead atoms. The van der Waals surface area contributed by atoms with Gasteiger partial charge in [-0.3, -0.25) is 9.59 Å². The molecule has 3 aromatic rings. The third-order valence-corrected chi connectivity index (χ3v) is 5.65. The molecule has 1 atom stereocenters. The Bertz CT molecular complexity index is 1140. The first-order valence-electron chi connectivity index (χ1n) is 11.2. The van der Waals surface area contributed by atoms with Crippen LogP contribution in [0, 0.1) is 0 Å². The highest BCUT2D eigenvalue weighted by Gasteiger charge is 2.18. The Morgan fingerprint density at radius 1 is 1.16 bits per heavy atom. The van der Waals surface area contributed by atoms with Crippen molar-refractivity contribution < 1.29 is 9.53 Å². The Morgan fingerprint density at radius 2 is 1.97 bits per heavy atom. The predicted molar refractivity (Wildman–Crippen MR) is 124 cm³/mol. The Balaban J connectivity index is 1.52. The summed E-state index contributed by atoms with van der Waals surface area (Å²) in [5.41, 5.74) is 3.60. The van der Waals surface area contributed by atoms with E-state index < -0.39 is 0 Å². The number of aromatic nitrogens is 2. The minimum Gasteiger partial charge on any atom is -0.493 e. The van der Waals surface area contributed by atoms with Crippen LogP contribution in [0.5, 0.6) is 5.75 Å². The van der Waals surface area contributed by atoms with Gasteiger partial charge >= 0.3 is 0 Å². The third kappa shape index (κ3) is 5.44. The second kappa shape index (κ2) is 9.81. The zero-order valence-corrected chi connectivity index (χ0v) is 18.6. The van der Waals surface area contributed by atoms with Crippen LogP contribution in [-0.4, -0.2) is 22.5 Å². The molecule has 6 nitrogen and oxygen atoms in total. The number of ether oxygens (including phenoxy) is 1. The molecule has 0 spiro atoms. The number of hydrogen-bond acceptors (Lipinski definition) is 4. The number of fused-ring (bicyclic) bond motifs is 1. The first-order valence-corrected chi connectivity index (χ1v) is 11.2. The van der Waals surface area contributed by atoms with Crippen molar-refractivity contribution >= 4 is 5.91 Å². The molecule has 6 heteroatoms. The molecule has 2 aromatic carbocycles. The zero-order valence-electron chi connectivity index (χ0n) is 18.6. The lowest BCUT2D eigenvalue weighted by Gasteiger charge is -2.20. The summed E-state index contributed by atoms with van der Waals surface area (Å²) in [5, 5.41) is 3.16. The number of nitrogens with one attached hydrogen (secondary N) is 2. The summed E-state index contributed by atoms with van der Waals surface area (Å²) in [4.78, 5) is 32.5. The Hall–Kier alpha value is -3.41. The van der Waals surface area contributed by atoms with E-state index in [0.29, 0.717) is 17.9 Å². The van der Waals surface area contributed by atoms with Crippen LogP contribution >= 0.6 is 0 Å². The number of H-pyrrole nitrogens is 1. The number of carbonyl (C=O) groups is 1. The highest BCUT2D eigenvalue weighted by molar-refractivity contribution is 5.79. The van der Waals surface area contributed by atoms with Crippen LogP contribution in [0.25, 0.3) is 0 Å². The maximum atomic E-state index is 13.0. The van der Waals surface area contributed by atoms with E-state index in [0.717, 1.165) is 41.9 Å². The van der Waals surface area contributed by atoms with Gasteiger partial charge in [0.05, 0.1) is 24.8 Å². The average Bonchev–Trinajstić information content (AvgIpc) is 2.78. The lowest BCUT2D eigenvalue weighted by molar-refractivity contribution is -0.121. The van der Waals surface area contributed by atoms with E-state index in [1.165, 1.54) is 6.07 Å². The largest absolute Gasteiger partial charge is 0.493 e. The van der Waals surface area contributed by atoms with E-state index in [9.17, 15) is 9.59 Å². The van der Waals surface area contributed by atoms with Gasteiger partial charge in [0, 0.05) is 18.4 Å². The van der Waals surface area contributed by atoms with Crippen LogP contribution in [-0.2, 0) is 24.1 Å². The molecule has 2 N–H and O–H groups in total. The van der Waals surface area contributed by atoms with Gasteiger partial charge in [0.2, 0.25) is 5.91 Å². The monoisotopic (exact) mass is 431 g/mol. The summed E-state index contributed by atoms with van der Waals surface area (Å²) in [7, 11) is 0. The van der Waals surface area contributed by atoms with E-state index in [2.05, 4.69) is 21.4 Å². The van der Waals surface area contributed by atoms with E-state index in [1.807, 2.05) is 56.3 Å². The highest BCUT2D eigenvalue weighted by Crippen LogP contribution is 2.26. The Labute approximate surface area is 188 Å². The van der Waals surface area contributed by atoms with Crippen molar-refractivity contribution in [2.45, 2.75) is 51.5 Å². The van der Waals surface area contributed by atoms with E-state index >= 15 is 0 Å². The molecule has 0 unspecified atom stereocenters. The quantitative estimate of drug-likeness (QED) is 0.595. The second-order valence-electron chi connectivity index (χ2n) is 8.58. The van der Waals surface area contributed by atoms with Gasteiger partial charge in [-0.2, -0.15) is 0 Å². The molecule has 0 radical (unpaired) electrons. The average molecular weight is 432 g/mol. The summed E-state index contributed by atoms with van der Waals surface area (Å²) in [6, 6.07) is 17.0. The summed E-state index contributed by atoms with van der Waals surface area (Å²) in [6.07, 6.45) is 2.71. The lowest BCUT2D eigenvalue weighted by atomic mass is 9.99. The van der Waals surface area contributed by atoms with Gasteiger partial charge in [0.15, 0.2) is 0 Å². The van der Waals surface area contributed by atoms with Crippen molar-refractivity contribution in [3.63, 3.8) is 0 Å². The van der Waals surface area contributed by atoms with Gasteiger partial charge in [0.1, 0.15) is 11.6 Å². The number of aromatic amines is 1. The fraction of sp³-hybridized carbons (Fsp3) is 0.346. The number of nitrogens with zero attached hydrogens (tertiary/aromatic N) is 1. The molecule has 1 aromatic heterocycles. The fourth-order valence-corrected chi connectivity index (χ4v) is 4.01. The molecular weight excluding hydrogens is 402 g/mol. The van der Waals surface area contributed by atoms with Crippen molar-refractivity contribution in [1.82, 2.24) is 15.3 Å². The van der Waals surface area contributed by atoms with Gasteiger partial charge < -0.3 is 15.0 Å². The number of amides is 1. The molecule has 2 heterocycles. The molecule has 0 saturated carbocycles. The van der Waals surface area contributed by atoms with Crippen LogP contribution < -0.4 is 15.6 Å². The number of hydrogen-bond donors (Lipinski definition) is 2. The topological polar surface area (TPSA) is 84.1 Å². The molecule has 0 aliphatic carbocycles. The number of carbonyl (C=O) groups excluding carboxylic acids is 1. The second-order valence-corrected chi connectivity index (χ2v) is 8.58. The third-order valence-electron chi connectivity index (χ3n) is 5.65. The smallest absolute Gasteiger partial charge is 0.251 e. The minimum absolute atomic E-state index is 0.0653. The minimum atomic E-state index is -0.279. The van der Waals surface area contributed by atoms with Crippen LogP contribution in [0.1, 0.15) is 60.4 Å². The van der Waals surface area contributed by atoms with E-state index in [4.69, 9.17) is 4.74 Å². The molecule has 0 fully saturated rings. The molecule has 0 saturated heterocycles. The molecule has 1 aliphatic heterocycles. The fourth-order valence-electron chi connectivity index (χ4n) is 4.01. The SMILES string of the molecule is CC(C)c1nc(C[C@@H](NC(=O)Cc2ccc3c(c2)CCCO3)c2ccccc2)cc(=O)[nH]1. The maximum absolute atomic E-state index is 13.0. The van der Waals surface area contributed by atoms with Crippen molar-refractivity contribution in [3.8, 4) is 5.75 Å². The summed E-state index contributed by atoms with van der Waals surface area (Å²) < 4.78 is 5.67. The van der Waals surface area contributed by atoms with Gasteiger partial charge in [-0.1, -0.05) is 56.3 Å². The normalized spacial score (nSPS) is 13.8. The van der Waals surface area contributed by atoms with Gasteiger partial charge in [-0.25, -0.2) is 4.98 Å². The first-order chi connectivity index (χ1) is 15.5. The molecule has 1 aliphatic rings. The lowest BCUT2D eigenvalue weighted by Crippen LogP contribution is -2.32. The zero-order chi connectivity index (χ0) is 22.5. The molecule has 1 amide bonds. The van der Waals surface area contributed by atoms with Crippen molar-refractivity contribution in [3.05, 3.63) is 93.2 Å². The summed E-state index contributed by atoms with van der Waals surface area (Å²) >= 11 is 0. The van der Waals surface area contributed by atoms with Crippen LogP contribution in [0.2, 0.25) is 0 Å². The molecule has 4 rings (SSSR count). The summed E-state index contributed by atoms with van der Waals surface area (Å²) in [5.74, 6) is 1.62. The molecule has 166 valence electrons. The van der Waals surface area contributed by atoms with Crippen LogP contribution in [0.3, 0.4) is 0 Å². The Kier molecular flexibility index (Phi) is 6.69. The first kappa shape index (κ1) is 21.8. The van der Waals surface area contributed by atoms with Gasteiger partial charge in [-0.05, 0) is 35.6 Å². The van der Waals surface area contributed by atoms with Crippen molar-refractivity contribution in [2.24, 2.45) is 0 Å². The molecular formula is C26H29N3O3. The highest BCUT2D eigenvalue weighted by atomic mass is 16.5. The van der Waals surface area contributed by atoms with Gasteiger partial charge in [0.25, 0.3) is 5.56 Å². The standard InChI is InChI=1S/C26H29N3O3/c1-17(2)26-27-21(16-25(31)29-26)15-22(19-7-4-3-5-8-19)28-24(30)14-18-10-11-23-20(13-18)9-6-12-32-23/h3-5,7-8,10-11,13,16-17,22H,6,9,12,14-15H2,1-2H3,(H,28,30)(H,27,29,31)/t22-/m1/s1. The maximum Gasteiger partial charge on any atom is 0.251 e. The van der Waals surface area contributed by atoms with Crippen molar-refractivity contribution in [1.29, 1.82) is 0 Å². The van der Waals surface area contributed by atoms with E-state index in [-0.39, 0.29) is 29.8 Å². The number of rotatable bonds is 7.